The summed E-state index contributed by atoms with van der Waals surface area (Å²) in [7, 11) is 2.05. The number of hydrogen-bond donors (Lipinski definition) is 1. The van der Waals surface area contributed by atoms with Crippen LogP contribution in [-0.2, 0) is 4.74 Å². The highest BCUT2D eigenvalue weighted by atomic mass is 32.1. The molecule has 1 aliphatic heterocycles. The second-order valence-corrected chi connectivity index (χ2v) is 5.56. The molecule has 0 spiro atoms. The Morgan fingerprint density at radius 1 is 1.53 bits per heavy atom. The first-order valence-electron chi connectivity index (χ1n) is 5.57. The quantitative estimate of drug-likeness (QED) is 0.854. The van der Waals surface area contributed by atoms with E-state index in [1.807, 2.05) is 18.4 Å². The highest BCUT2D eigenvalue weighted by Crippen LogP contribution is 2.35. The van der Waals surface area contributed by atoms with Crippen LogP contribution in [0.4, 0.5) is 0 Å². The van der Waals surface area contributed by atoms with E-state index in [9.17, 15) is 0 Å². The van der Waals surface area contributed by atoms with Crippen molar-refractivity contribution in [1.29, 1.82) is 0 Å². The van der Waals surface area contributed by atoms with Crippen molar-refractivity contribution in [3.05, 3.63) is 21.9 Å². The molecular weight excluding hydrogens is 206 g/mol. The molecule has 0 bridgehead atoms. The molecule has 1 aliphatic rings. The fraction of sp³-hybridized carbons (Fsp3) is 0.667. The lowest BCUT2D eigenvalue weighted by atomic mass is 9.92. The summed E-state index contributed by atoms with van der Waals surface area (Å²) in [5.74, 6) is 0.619. The number of hydrogen-bond acceptors (Lipinski definition) is 3. The molecule has 0 radical (unpaired) electrons. The van der Waals surface area contributed by atoms with Crippen LogP contribution >= 0.6 is 11.3 Å². The predicted octanol–water partition coefficient (Wildman–Crippen LogP) is 2.74. The van der Waals surface area contributed by atoms with Crippen LogP contribution in [0.15, 0.2) is 12.1 Å². The maximum Gasteiger partial charge on any atom is 0.0594 e. The maximum atomic E-state index is 5.64. The average Bonchev–Trinajstić information content (AvgIpc) is 2.79. The van der Waals surface area contributed by atoms with Gasteiger partial charge in [0, 0.05) is 28.3 Å². The zero-order chi connectivity index (χ0) is 10.8. The first-order chi connectivity index (χ1) is 7.22. The van der Waals surface area contributed by atoms with E-state index in [4.69, 9.17) is 4.74 Å². The fourth-order valence-electron chi connectivity index (χ4n) is 2.37. The molecule has 0 aromatic carbocycles. The SMILES string of the molecule is CNC(c1ccc(C)s1)C1CCOC1C. The minimum atomic E-state index is 0.379. The number of aryl methyl sites for hydroxylation is 1. The summed E-state index contributed by atoms with van der Waals surface area (Å²) in [4.78, 5) is 2.83. The molecule has 1 fully saturated rings. The summed E-state index contributed by atoms with van der Waals surface area (Å²) in [5, 5.41) is 3.43. The summed E-state index contributed by atoms with van der Waals surface area (Å²) in [5.41, 5.74) is 0. The van der Waals surface area contributed by atoms with E-state index in [0.717, 1.165) is 6.61 Å². The van der Waals surface area contributed by atoms with Crippen molar-refractivity contribution in [3.63, 3.8) is 0 Å². The number of nitrogens with one attached hydrogen (secondary N) is 1. The van der Waals surface area contributed by atoms with Gasteiger partial charge >= 0.3 is 0 Å². The average molecular weight is 225 g/mol. The monoisotopic (exact) mass is 225 g/mol. The topological polar surface area (TPSA) is 21.3 Å². The lowest BCUT2D eigenvalue weighted by Gasteiger charge is -2.24. The van der Waals surface area contributed by atoms with E-state index < -0.39 is 0 Å². The van der Waals surface area contributed by atoms with Crippen molar-refractivity contribution in [2.24, 2.45) is 5.92 Å². The van der Waals surface area contributed by atoms with Crippen molar-refractivity contribution in [2.45, 2.75) is 32.4 Å². The van der Waals surface area contributed by atoms with Gasteiger partial charge in [-0.25, -0.2) is 0 Å². The van der Waals surface area contributed by atoms with E-state index in [2.05, 4.69) is 31.3 Å². The highest BCUT2D eigenvalue weighted by Gasteiger charge is 2.32. The Hall–Kier alpha value is -0.380. The largest absolute Gasteiger partial charge is 0.378 e. The Kier molecular flexibility index (Phi) is 3.44. The fourth-order valence-corrected chi connectivity index (χ4v) is 3.44. The van der Waals surface area contributed by atoms with Crippen molar-refractivity contribution in [1.82, 2.24) is 5.32 Å². The zero-order valence-corrected chi connectivity index (χ0v) is 10.4. The van der Waals surface area contributed by atoms with Gasteiger partial charge in [-0.3, -0.25) is 0 Å². The summed E-state index contributed by atoms with van der Waals surface area (Å²) in [6.07, 6.45) is 1.55. The third kappa shape index (κ3) is 2.25. The van der Waals surface area contributed by atoms with Crippen molar-refractivity contribution in [2.75, 3.05) is 13.7 Å². The molecule has 3 heteroatoms. The summed E-state index contributed by atoms with van der Waals surface area (Å²) < 4.78 is 5.64. The minimum absolute atomic E-state index is 0.379. The standard InChI is InChI=1S/C12H19NOS/c1-8-4-5-11(15-8)12(13-3)10-6-7-14-9(10)2/h4-5,9-10,12-13H,6-7H2,1-3H3. The minimum Gasteiger partial charge on any atom is -0.378 e. The van der Waals surface area contributed by atoms with Crippen LogP contribution < -0.4 is 5.32 Å². The molecular formula is C12H19NOS. The molecule has 1 N–H and O–H groups in total. The van der Waals surface area contributed by atoms with Crippen molar-refractivity contribution in [3.8, 4) is 0 Å². The van der Waals surface area contributed by atoms with Gasteiger partial charge in [0.05, 0.1) is 6.10 Å². The van der Waals surface area contributed by atoms with E-state index in [1.54, 1.807) is 0 Å². The Balaban J connectivity index is 2.16. The van der Waals surface area contributed by atoms with Crippen LogP contribution in [-0.4, -0.2) is 19.8 Å². The molecule has 1 aromatic heterocycles. The van der Waals surface area contributed by atoms with Gasteiger partial charge in [0.1, 0.15) is 0 Å². The smallest absolute Gasteiger partial charge is 0.0594 e. The van der Waals surface area contributed by atoms with E-state index in [-0.39, 0.29) is 0 Å². The normalized spacial score (nSPS) is 28.2. The molecule has 3 atom stereocenters. The second-order valence-electron chi connectivity index (χ2n) is 4.24. The van der Waals surface area contributed by atoms with E-state index in [1.165, 1.54) is 16.2 Å². The second kappa shape index (κ2) is 4.64. The zero-order valence-electron chi connectivity index (χ0n) is 9.62. The molecule has 84 valence electrons. The van der Waals surface area contributed by atoms with Gasteiger partial charge in [-0.15, -0.1) is 11.3 Å². The van der Waals surface area contributed by atoms with Gasteiger partial charge in [0.15, 0.2) is 0 Å². The van der Waals surface area contributed by atoms with Gasteiger partial charge in [-0.2, -0.15) is 0 Å². The van der Waals surface area contributed by atoms with Gasteiger partial charge in [-0.05, 0) is 39.4 Å². The maximum absolute atomic E-state index is 5.64. The Labute approximate surface area is 95.6 Å². The number of ether oxygens (including phenoxy) is 1. The van der Waals surface area contributed by atoms with Gasteiger partial charge in [0.25, 0.3) is 0 Å². The Bertz CT molecular complexity index is 323. The molecule has 2 nitrogen and oxygen atoms in total. The summed E-state index contributed by atoms with van der Waals surface area (Å²) >= 11 is 1.89. The molecule has 2 rings (SSSR count). The molecule has 0 amide bonds. The van der Waals surface area contributed by atoms with Crippen LogP contribution in [0.25, 0.3) is 0 Å². The number of thiophene rings is 1. The number of rotatable bonds is 3. The molecule has 15 heavy (non-hydrogen) atoms. The van der Waals surface area contributed by atoms with Crippen molar-refractivity contribution >= 4 is 11.3 Å². The molecule has 0 saturated carbocycles. The lowest BCUT2D eigenvalue weighted by molar-refractivity contribution is 0.0966. The van der Waals surface area contributed by atoms with Crippen LogP contribution in [0.1, 0.15) is 29.1 Å². The molecule has 1 aromatic rings. The third-order valence-corrected chi connectivity index (χ3v) is 4.33. The van der Waals surface area contributed by atoms with Gasteiger partial charge < -0.3 is 10.1 Å². The van der Waals surface area contributed by atoms with Crippen LogP contribution in [0, 0.1) is 12.8 Å². The van der Waals surface area contributed by atoms with Crippen molar-refractivity contribution < 1.29 is 4.74 Å². The molecule has 3 unspecified atom stereocenters. The molecule has 2 heterocycles. The predicted molar refractivity (Wildman–Crippen MR) is 64.4 cm³/mol. The molecule has 0 aliphatic carbocycles. The van der Waals surface area contributed by atoms with Crippen LogP contribution in [0.2, 0.25) is 0 Å². The third-order valence-electron chi connectivity index (χ3n) is 3.24. The van der Waals surface area contributed by atoms with E-state index in [0.29, 0.717) is 18.1 Å². The van der Waals surface area contributed by atoms with E-state index >= 15 is 0 Å². The Morgan fingerprint density at radius 2 is 2.33 bits per heavy atom. The first-order valence-corrected chi connectivity index (χ1v) is 6.39. The van der Waals surface area contributed by atoms with Crippen LogP contribution in [0.3, 0.4) is 0 Å². The molecule has 1 saturated heterocycles. The van der Waals surface area contributed by atoms with Gasteiger partial charge in [0.2, 0.25) is 0 Å². The van der Waals surface area contributed by atoms with Crippen LogP contribution in [0.5, 0.6) is 0 Å². The Morgan fingerprint density at radius 3 is 2.80 bits per heavy atom. The van der Waals surface area contributed by atoms with Gasteiger partial charge in [-0.1, -0.05) is 0 Å². The highest BCUT2D eigenvalue weighted by molar-refractivity contribution is 7.12. The summed E-state index contributed by atoms with van der Waals surface area (Å²) in [6, 6.07) is 4.90. The lowest BCUT2D eigenvalue weighted by Crippen LogP contribution is -2.28. The first kappa shape index (κ1) is 11.1. The summed E-state index contributed by atoms with van der Waals surface area (Å²) in [6.45, 7) is 5.26.